The van der Waals surface area contributed by atoms with Crippen molar-refractivity contribution < 1.29 is 19.0 Å². The van der Waals surface area contributed by atoms with Crippen molar-refractivity contribution in [3.63, 3.8) is 0 Å². The maximum Gasteiger partial charge on any atom is 0.262 e. The highest BCUT2D eigenvalue weighted by Gasteiger charge is 2.17. The summed E-state index contributed by atoms with van der Waals surface area (Å²) in [6, 6.07) is 8.80. The molecule has 0 heterocycles. The number of aromatic hydroxyl groups is 1. The van der Waals surface area contributed by atoms with Gasteiger partial charge in [0.25, 0.3) is 5.91 Å². The molecule has 0 aliphatic heterocycles. The molecular weight excluding hydrogens is 261 g/mol. The number of aryl methyl sites for hydroxylation is 1. The third-order valence-electron chi connectivity index (χ3n) is 2.90. The second kappa shape index (κ2) is 5.61. The van der Waals surface area contributed by atoms with E-state index < -0.39 is 17.5 Å². The number of benzene rings is 2. The highest BCUT2D eigenvalue weighted by atomic mass is 19.1. The molecule has 0 aliphatic carbocycles. The fraction of sp³-hybridized carbons (Fsp3) is 0.133. The summed E-state index contributed by atoms with van der Waals surface area (Å²) in [5, 5.41) is 12.1. The highest BCUT2D eigenvalue weighted by molar-refractivity contribution is 6.06. The summed E-state index contributed by atoms with van der Waals surface area (Å²) < 4.78 is 18.6. The van der Waals surface area contributed by atoms with E-state index in [2.05, 4.69) is 5.32 Å². The number of rotatable bonds is 3. The van der Waals surface area contributed by atoms with E-state index in [9.17, 15) is 14.3 Å². The van der Waals surface area contributed by atoms with Gasteiger partial charge in [0.15, 0.2) is 0 Å². The van der Waals surface area contributed by atoms with E-state index in [0.29, 0.717) is 11.4 Å². The molecule has 0 atom stereocenters. The Labute approximate surface area is 115 Å². The third-order valence-corrected chi connectivity index (χ3v) is 2.90. The van der Waals surface area contributed by atoms with E-state index in [4.69, 9.17) is 4.74 Å². The van der Waals surface area contributed by atoms with Gasteiger partial charge in [-0.15, -0.1) is 0 Å². The zero-order valence-electron chi connectivity index (χ0n) is 11.1. The molecule has 4 nitrogen and oxygen atoms in total. The van der Waals surface area contributed by atoms with E-state index in [-0.39, 0.29) is 5.56 Å². The molecule has 0 radical (unpaired) electrons. The SMILES string of the molecule is COc1ccc(NC(=O)c2c(O)cccc2F)c(C)c1. The van der Waals surface area contributed by atoms with Gasteiger partial charge in [0.2, 0.25) is 0 Å². The Bertz CT molecular complexity index is 635. The Morgan fingerprint density at radius 2 is 2.05 bits per heavy atom. The second-order valence-electron chi connectivity index (χ2n) is 4.27. The summed E-state index contributed by atoms with van der Waals surface area (Å²) in [6.45, 7) is 1.79. The lowest BCUT2D eigenvalue weighted by atomic mass is 10.1. The molecular formula is C15H14FNO3. The fourth-order valence-electron chi connectivity index (χ4n) is 1.83. The number of halogens is 1. The molecule has 0 fully saturated rings. The monoisotopic (exact) mass is 275 g/mol. The van der Waals surface area contributed by atoms with Crippen LogP contribution in [0.3, 0.4) is 0 Å². The lowest BCUT2D eigenvalue weighted by Crippen LogP contribution is -2.14. The minimum Gasteiger partial charge on any atom is -0.507 e. The van der Waals surface area contributed by atoms with E-state index in [0.717, 1.165) is 11.6 Å². The number of methoxy groups -OCH3 is 1. The van der Waals surface area contributed by atoms with Crippen molar-refractivity contribution in [2.24, 2.45) is 0 Å². The van der Waals surface area contributed by atoms with Gasteiger partial charge in [0.1, 0.15) is 22.9 Å². The van der Waals surface area contributed by atoms with Gasteiger partial charge in [-0.1, -0.05) is 6.07 Å². The van der Waals surface area contributed by atoms with Gasteiger partial charge in [-0.3, -0.25) is 4.79 Å². The van der Waals surface area contributed by atoms with Crippen LogP contribution in [-0.4, -0.2) is 18.1 Å². The van der Waals surface area contributed by atoms with Gasteiger partial charge in [-0.25, -0.2) is 4.39 Å². The van der Waals surface area contributed by atoms with Gasteiger partial charge < -0.3 is 15.2 Å². The van der Waals surface area contributed by atoms with E-state index in [1.165, 1.54) is 12.1 Å². The molecule has 0 saturated heterocycles. The van der Waals surface area contributed by atoms with Crippen LogP contribution in [0.1, 0.15) is 15.9 Å². The summed E-state index contributed by atoms with van der Waals surface area (Å²) in [4.78, 5) is 12.0. The van der Waals surface area contributed by atoms with Gasteiger partial charge >= 0.3 is 0 Å². The summed E-state index contributed by atoms with van der Waals surface area (Å²) in [6.07, 6.45) is 0. The minimum absolute atomic E-state index is 0.372. The molecule has 0 saturated carbocycles. The van der Waals surface area contributed by atoms with Crippen molar-refractivity contribution in [3.05, 3.63) is 53.3 Å². The van der Waals surface area contributed by atoms with Crippen LogP contribution in [0, 0.1) is 12.7 Å². The number of amides is 1. The number of hydrogen-bond acceptors (Lipinski definition) is 3. The summed E-state index contributed by atoms with van der Waals surface area (Å²) in [7, 11) is 1.55. The van der Waals surface area contributed by atoms with Gasteiger partial charge in [0.05, 0.1) is 7.11 Å². The summed E-state index contributed by atoms with van der Waals surface area (Å²) in [5.41, 5.74) is 0.926. The normalized spacial score (nSPS) is 10.2. The zero-order chi connectivity index (χ0) is 14.7. The highest BCUT2D eigenvalue weighted by Crippen LogP contribution is 2.24. The third kappa shape index (κ3) is 2.71. The van der Waals surface area contributed by atoms with Gasteiger partial charge in [0, 0.05) is 5.69 Å². The Kier molecular flexibility index (Phi) is 3.89. The van der Waals surface area contributed by atoms with Crippen molar-refractivity contribution in [2.45, 2.75) is 6.92 Å². The van der Waals surface area contributed by atoms with Gasteiger partial charge in [-0.2, -0.15) is 0 Å². The first kappa shape index (κ1) is 13.9. The molecule has 0 bridgehead atoms. The predicted molar refractivity (Wildman–Crippen MR) is 73.7 cm³/mol. The van der Waals surface area contributed by atoms with Gasteiger partial charge in [-0.05, 0) is 42.8 Å². The second-order valence-corrected chi connectivity index (χ2v) is 4.27. The van der Waals surface area contributed by atoms with Crippen molar-refractivity contribution in [1.82, 2.24) is 0 Å². The van der Waals surface area contributed by atoms with E-state index >= 15 is 0 Å². The molecule has 2 aromatic carbocycles. The molecule has 0 unspecified atom stereocenters. The van der Waals surface area contributed by atoms with Crippen LogP contribution in [0.2, 0.25) is 0 Å². The molecule has 1 amide bonds. The van der Waals surface area contributed by atoms with Crippen LogP contribution in [0.4, 0.5) is 10.1 Å². The van der Waals surface area contributed by atoms with Crippen LogP contribution >= 0.6 is 0 Å². The number of anilines is 1. The molecule has 0 aliphatic rings. The number of hydrogen-bond donors (Lipinski definition) is 2. The number of phenolic OH excluding ortho intramolecular Hbond substituents is 1. The molecule has 0 spiro atoms. The number of carbonyl (C=O) groups is 1. The van der Waals surface area contributed by atoms with E-state index in [1.807, 2.05) is 0 Å². The first-order valence-electron chi connectivity index (χ1n) is 5.96. The van der Waals surface area contributed by atoms with Crippen molar-refractivity contribution in [2.75, 3.05) is 12.4 Å². The molecule has 104 valence electrons. The molecule has 20 heavy (non-hydrogen) atoms. The van der Waals surface area contributed by atoms with E-state index in [1.54, 1.807) is 32.2 Å². The lowest BCUT2D eigenvalue weighted by molar-refractivity contribution is 0.102. The van der Waals surface area contributed by atoms with Crippen molar-refractivity contribution in [1.29, 1.82) is 0 Å². The fourth-order valence-corrected chi connectivity index (χ4v) is 1.83. The molecule has 2 N–H and O–H groups in total. The smallest absolute Gasteiger partial charge is 0.262 e. The first-order chi connectivity index (χ1) is 9.52. The Balaban J connectivity index is 2.28. The number of nitrogens with one attached hydrogen (secondary N) is 1. The molecule has 2 rings (SSSR count). The lowest BCUT2D eigenvalue weighted by Gasteiger charge is -2.11. The number of phenols is 1. The largest absolute Gasteiger partial charge is 0.507 e. The molecule has 5 heteroatoms. The first-order valence-corrected chi connectivity index (χ1v) is 5.96. The Morgan fingerprint density at radius 1 is 1.30 bits per heavy atom. The Hall–Kier alpha value is -2.56. The van der Waals surface area contributed by atoms with Crippen molar-refractivity contribution >= 4 is 11.6 Å². The maximum absolute atomic E-state index is 13.6. The summed E-state index contributed by atoms with van der Waals surface area (Å²) >= 11 is 0. The van der Waals surface area contributed by atoms with Crippen LogP contribution in [0.5, 0.6) is 11.5 Å². The average molecular weight is 275 g/mol. The summed E-state index contributed by atoms with van der Waals surface area (Å²) in [5.74, 6) is -1.20. The molecule has 0 aromatic heterocycles. The van der Waals surface area contributed by atoms with Crippen LogP contribution in [0.25, 0.3) is 0 Å². The molecule has 2 aromatic rings. The van der Waals surface area contributed by atoms with Crippen molar-refractivity contribution in [3.8, 4) is 11.5 Å². The maximum atomic E-state index is 13.6. The van der Waals surface area contributed by atoms with Crippen LogP contribution in [0.15, 0.2) is 36.4 Å². The number of carbonyl (C=O) groups excluding carboxylic acids is 1. The minimum atomic E-state index is -0.770. The average Bonchev–Trinajstić information content (AvgIpc) is 2.41. The zero-order valence-corrected chi connectivity index (χ0v) is 11.1. The predicted octanol–water partition coefficient (Wildman–Crippen LogP) is 3.10. The standard InChI is InChI=1S/C15H14FNO3/c1-9-8-10(20-2)6-7-12(9)17-15(19)14-11(16)4-3-5-13(14)18/h3-8,18H,1-2H3,(H,17,19). The quantitative estimate of drug-likeness (QED) is 0.905. The van der Waals surface area contributed by atoms with Crippen LogP contribution in [-0.2, 0) is 0 Å². The number of ether oxygens (including phenoxy) is 1. The van der Waals surface area contributed by atoms with Crippen LogP contribution < -0.4 is 10.1 Å². The Morgan fingerprint density at radius 3 is 2.65 bits per heavy atom. The topological polar surface area (TPSA) is 58.6 Å².